The summed E-state index contributed by atoms with van der Waals surface area (Å²) in [6.07, 6.45) is 4.00. The first kappa shape index (κ1) is 13.3. The summed E-state index contributed by atoms with van der Waals surface area (Å²) in [5, 5.41) is 9.66. The van der Waals surface area contributed by atoms with Crippen molar-refractivity contribution in [3.8, 4) is 5.75 Å². The lowest BCUT2D eigenvalue weighted by atomic mass is 9.88. The van der Waals surface area contributed by atoms with Gasteiger partial charge in [-0.25, -0.2) is 4.39 Å². The van der Waals surface area contributed by atoms with E-state index in [1.54, 1.807) is 13.0 Å². The molecule has 2 nitrogen and oxygen atoms in total. The molecule has 1 aromatic rings. The molecular weight excluding hydrogens is 231 g/mol. The molecule has 1 aliphatic carbocycles. The highest BCUT2D eigenvalue weighted by Gasteiger charge is 2.22. The first-order valence-corrected chi connectivity index (χ1v) is 6.70. The third-order valence-corrected chi connectivity index (χ3v) is 3.60. The summed E-state index contributed by atoms with van der Waals surface area (Å²) < 4.78 is 19.1. The van der Waals surface area contributed by atoms with E-state index in [2.05, 4.69) is 6.92 Å². The van der Waals surface area contributed by atoms with Crippen LogP contribution < -0.4 is 4.74 Å². The van der Waals surface area contributed by atoms with E-state index in [9.17, 15) is 9.50 Å². The Morgan fingerprint density at radius 1 is 1.39 bits per heavy atom. The minimum Gasteiger partial charge on any atom is -0.490 e. The molecule has 0 amide bonds. The molecule has 0 saturated heterocycles. The highest BCUT2D eigenvalue weighted by atomic mass is 19.1. The lowest BCUT2D eigenvalue weighted by molar-refractivity contribution is 0.121. The summed E-state index contributed by atoms with van der Waals surface area (Å²) in [6, 6.07) is 4.36. The van der Waals surface area contributed by atoms with Crippen LogP contribution in [0.25, 0.3) is 0 Å². The maximum Gasteiger partial charge on any atom is 0.125 e. The molecule has 0 heterocycles. The zero-order valence-corrected chi connectivity index (χ0v) is 11.0. The normalized spacial score (nSPS) is 25.8. The molecule has 2 unspecified atom stereocenters. The van der Waals surface area contributed by atoms with E-state index in [4.69, 9.17) is 4.74 Å². The van der Waals surface area contributed by atoms with E-state index in [1.165, 1.54) is 25.0 Å². The first-order valence-electron chi connectivity index (χ1n) is 6.70. The van der Waals surface area contributed by atoms with E-state index in [0.717, 1.165) is 12.8 Å². The summed E-state index contributed by atoms with van der Waals surface area (Å²) in [5.74, 6) is 0.958. The topological polar surface area (TPSA) is 29.5 Å². The van der Waals surface area contributed by atoms with Crippen molar-refractivity contribution in [2.24, 2.45) is 5.92 Å². The maximum absolute atomic E-state index is 13.2. The number of rotatable bonds is 3. The molecule has 0 aliphatic heterocycles. The van der Waals surface area contributed by atoms with Gasteiger partial charge in [0.25, 0.3) is 0 Å². The van der Waals surface area contributed by atoms with Gasteiger partial charge in [-0.05, 0) is 50.3 Å². The van der Waals surface area contributed by atoms with Crippen molar-refractivity contribution in [3.05, 3.63) is 29.6 Å². The second-order valence-electron chi connectivity index (χ2n) is 5.37. The molecule has 100 valence electrons. The standard InChI is InChI=1S/C15H21FO2/c1-10-4-3-5-13(8-10)18-15-7-6-12(16)9-14(15)11(2)17/h6-7,9-11,13,17H,3-5,8H2,1-2H3/t10?,11-,13?/m0/s1. The van der Waals surface area contributed by atoms with Gasteiger partial charge >= 0.3 is 0 Å². The molecule has 1 fully saturated rings. The zero-order valence-electron chi connectivity index (χ0n) is 11.0. The van der Waals surface area contributed by atoms with Crippen LogP contribution in [0.15, 0.2) is 18.2 Å². The molecule has 1 N–H and O–H groups in total. The Morgan fingerprint density at radius 2 is 2.17 bits per heavy atom. The van der Waals surface area contributed by atoms with Crippen molar-refractivity contribution in [3.63, 3.8) is 0 Å². The molecule has 2 rings (SSSR count). The predicted molar refractivity (Wildman–Crippen MR) is 69.1 cm³/mol. The summed E-state index contributed by atoms with van der Waals surface area (Å²) in [6.45, 7) is 3.86. The fraction of sp³-hybridized carbons (Fsp3) is 0.600. The van der Waals surface area contributed by atoms with Crippen molar-refractivity contribution >= 4 is 0 Å². The van der Waals surface area contributed by atoms with Crippen LogP contribution >= 0.6 is 0 Å². The van der Waals surface area contributed by atoms with E-state index in [-0.39, 0.29) is 11.9 Å². The zero-order chi connectivity index (χ0) is 13.1. The van der Waals surface area contributed by atoms with Gasteiger partial charge in [-0.2, -0.15) is 0 Å². The van der Waals surface area contributed by atoms with Crippen LogP contribution in [0.5, 0.6) is 5.75 Å². The van der Waals surface area contributed by atoms with Gasteiger partial charge in [0, 0.05) is 5.56 Å². The molecule has 3 heteroatoms. The first-order chi connectivity index (χ1) is 8.56. The van der Waals surface area contributed by atoms with Crippen LogP contribution in [0, 0.1) is 11.7 Å². The average Bonchev–Trinajstić information content (AvgIpc) is 2.31. The third-order valence-electron chi connectivity index (χ3n) is 3.60. The monoisotopic (exact) mass is 252 g/mol. The second kappa shape index (κ2) is 5.70. The minimum atomic E-state index is -0.711. The van der Waals surface area contributed by atoms with Crippen LogP contribution in [0.1, 0.15) is 51.2 Å². The van der Waals surface area contributed by atoms with Crippen LogP contribution in [-0.2, 0) is 0 Å². The lowest BCUT2D eigenvalue weighted by Gasteiger charge is -2.28. The van der Waals surface area contributed by atoms with Gasteiger partial charge in [0.2, 0.25) is 0 Å². The molecular formula is C15H21FO2. The van der Waals surface area contributed by atoms with Crippen molar-refractivity contribution < 1.29 is 14.2 Å². The Balaban J connectivity index is 2.12. The Labute approximate surface area is 108 Å². The fourth-order valence-electron chi connectivity index (χ4n) is 2.62. The molecule has 18 heavy (non-hydrogen) atoms. The number of hydrogen-bond acceptors (Lipinski definition) is 2. The molecule has 1 saturated carbocycles. The molecule has 1 aliphatic rings. The molecule has 0 bridgehead atoms. The highest BCUT2D eigenvalue weighted by Crippen LogP contribution is 2.31. The Hall–Kier alpha value is -1.09. The maximum atomic E-state index is 13.2. The predicted octanol–water partition coefficient (Wildman–Crippen LogP) is 3.84. The Kier molecular flexibility index (Phi) is 4.23. The van der Waals surface area contributed by atoms with Gasteiger partial charge in [-0.3, -0.25) is 0 Å². The number of hydrogen-bond donors (Lipinski definition) is 1. The van der Waals surface area contributed by atoms with Gasteiger partial charge in [0.05, 0.1) is 12.2 Å². The van der Waals surface area contributed by atoms with Crippen LogP contribution in [-0.4, -0.2) is 11.2 Å². The fourth-order valence-corrected chi connectivity index (χ4v) is 2.62. The van der Waals surface area contributed by atoms with Gasteiger partial charge in [-0.1, -0.05) is 13.3 Å². The molecule has 1 aromatic carbocycles. The van der Waals surface area contributed by atoms with Crippen LogP contribution in [0.4, 0.5) is 4.39 Å². The minimum absolute atomic E-state index is 0.191. The van der Waals surface area contributed by atoms with E-state index >= 15 is 0 Å². The summed E-state index contributed by atoms with van der Waals surface area (Å²) >= 11 is 0. The lowest BCUT2D eigenvalue weighted by Crippen LogP contribution is -2.24. The molecule has 0 spiro atoms. The van der Waals surface area contributed by atoms with Crippen LogP contribution in [0.2, 0.25) is 0 Å². The number of benzene rings is 1. The smallest absolute Gasteiger partial charge is 0.125 e. The number of halogens is 1. The quantitative estimate of drug-likeness (QED) is 0.885. The van der Waals surface area contributed by atoms with Gasteiger partial charge in [-0.15, -0.1) is 0 Å². The third kappa shape index (κ3) is 3.22. The SMILES string of the molecule is CC1CCCC(Oc2ccc(F)cc2[C@H](C)O)C1. The van der Waals surface area contributed by atoms with Gasteiger partial charge < -0.3 is 9.84 Å². The van der Waals surface area contributed by atoms with E-state index in [0.29, 0.717) is 17.2 Å². The molecule has 0 aromatic heterocycles. The van der Waals surface area contributed by atoms with Gasteiger partial charge in [0.1, 0.15) is 11.6 Å². The molecule has 3 atom stereocenters. The Bertz CT molecular complexity index is 403. The Morgan fingerprint density at radius 3 is 2.83 bits per heavy atom. The van der Waals surface area contributed by atoms with E-state index < -0.39 is 6.10 Å². The average molecular weight is 252 g/mol. The summed E-state index contributed by atoms with van der Waals surface area (Å²) in [7, 11) is 0. The van der Waals surface area contributed by atoms with E-state index in [1.807, 2.05) is 0 Å². The highest BCUT2D eigenvalue weighted by molar-refractivity contribution is 5.35. The van der Waals surface area contributed by atoms with Crippen molar-refractivity contribution in [2.45, 2.75) is 51.7 Å². The number of aliphatic hydroxyl groups excluding tert-OH is 1. The van der Waals surface area contributed by atoms with Crippen LogP contribution in [0.3, 0.4) is 0 Å². The van der Waals surface area contributed by atoms with Crippen molar-refractivity contribution in [2.75, 3.05) is 0 Å². The summed E-state index contributed by atoms with van der Waals surface area (Å²) in [5.41, 5.74) is 0.535. The largest absolute Gasteiger partial charge is 0.490 e. The van der Waals surface area contributed by atoms with Gasteiger partial charge in [0.15, 0.2) is 0 Å². The van der Waals surface area contributed by atoms with Crippen molar-refractivity contribution in [1.29, 1.82) is 0 Å². The molecule has 0 radical (unpaired) electrons. The number of aliphatic hydroxyl groups is 1. The second-order valence-corrected chi connectivity index (χ2v) is 5.37. The van der Waals surface area contributed by atoms with Crippen molar-refractivity contribution in [1.82, 2.24) is 0 Å². The number of ether oxygens (including phenoxy) is 1. The summed E-state index contributed by atoms with van der Waals surface area (Å²) in [4.78, 5) is 0.